The van der Waals surface area contributed by atoms with Gasteiger partial charge in [-0.3, -0.25) is 0 Å². The standard InChI is InChI=1S/C12H18F2N2O/c1-8(4-5-17)16-12(7-15)10-6-9(13)2-3-11(10)14/h2-3,6,8,12,16-17H,4-5,7,15H2,1H3. The normalized spacial score (nSPS) is 14.6. The maximum Gasteiger partial charge on any atom is 0.128 e. The second kappa shape index (κ2) is 6.64. The van der Waals surface area contributed by atoms with Crippen LogP contribution in [0, 0.1) is 11.6 Å². The van der Waals surface area contributed by atoms with Crippen molar-refractivity contribution in [3.63, 3.8) is 0 Å². The van der Waals surface area contributed by atoms with Crippen LogP contribution in [-0.2, 0) is 0 Å². The molecule has 0 fully saturated rings. The average Bonchev–Trinajstić information content (AvgIpc) is 2.30. The fourth-order valence-corrected chi connectivity index (χ4v) is 1.69. The van der Waals surface area contributed by atoms with E-state index in [1.54, 1.807) is 0 Å². The van der Waals surface area contributed by atoms with Crippen molar-refractivity contribution in [1.29, 1.82) is 0 Å². The van der Waals surface area contributed by atoms with Gasteiger partial charge in [0.25, 0.3) is 0 Å². The topological polar surface area (TPSA) is 58.3 Å². The van der Waals surface area contributed by atoms with E-state index in [0.29, 0.717) is 6.42 Å². The zero-order valence-corrected chi connectivity index (χ0v) is 9.79. The van der Waals surface area contributed by atoms with Crippen molar-refractivity contribution in [2.75, 3.05) is 13.2 Å². The summed E-state index contributed by atoms with van der Waals surface area (Å²) < 4.78 is 26.6. The first-order valence-corrected chi connectivity index (χ1v) is 5.60. The van der Waals surface area contributed by atoms with Crippen LogP contribution in [0.2, 0.25) is 0 Å². The summed E-state index contributed by atoms with van der Waals surface area (Å²) in [5.74, 6) is -0.970. The summed E-state index contributed by atoms with van der Waals surface area (Å²) in [4.78, 5) is 0. The Bertz CT molecular complexity index is 360. The highest BCUT2D eigenvalue weighted by Crippen LogP contribution is 2.18. The maximum absolute atomic E-state index is 13.5. The van der Waals surface area contributed by atoms with E-state index in [0.717, 1.165) is 18.2 Å². The van der Waals surface area contributed by atoms with Crippen molar-refractivity contribution in [3.05, 3.63) is 35.4 Å². The van der Waals surface area contributed by atoms with Gasteiger partial charge in [0.1, 0.15) is 11.6 Å². The lowest BCUT2D eigenvalue weighted by Crippen LogP contribution is -2.36. The molecule has 1 rings (SSSR count). The van der Waals surface area contributed by atoms with Crippen LogP contribution in [0.15, 0.2) is 18.2 Å². The molecule has 2 unspecified atom stereocenters. The molecule has 0 aromatic heterocycles. The zero-order valence-electron chi connectivity index (χ0n) is 9.79. The van der Waals surface area contributed by atoms with Crippen LogP contribution in [0.25, 0.3) is 0 Å². The van der Waals surface area contributed by atoms with Gasteiger partial charge in [0.05, 0.1) is 0 Å². The summed E-state index contributed by atoms with van der Waals surface area (Å²) in [5.41, 5.74) is 5.77. The number of hydrogen-bond donors (Lipinski definition) is 3. The molecular formula is C12H18F2N2O. The Morgan fingerprint density at radius 3 is 2.71 bits per heavy atom. The minimum atomic E-state index is -0.489. The largest absolute Gasteiger partial charge is 0.396 e. The number of aliphatic hydroxyl groups is 1. The fraction of sp³-hybridized carbons (Fsp3) is 0.500. The van der Waals surface area contributed by atoms with Gasteiger partial charge in [-0.25, -0.2) is 8.78 Å². The van der Waals surface area contributed by atoms with Gasteiger partial charge in [0.15, 0.2) is 0 Å². The smallest absolute Gasteiger partial charge is 0.128 e. The number of hydrogen-bond acceptors (Lipinski definition) is 3. The quantitative estimate of drug-likeness (QED) is 0.707. The van der Waals surface area contributed by atoms with E-state index in [1.807, 2.05) is 6.92 Å². The van der Waals surface area contributed by atoms with Gasteiger partial charge in [-0.05, 0) is 31.5 Å². The third-order valence-electron chi connectivity index (χ3n) is 2.62. The molecule has 4 N–H and O–H groups in total. The summed E-state index contributed by atoms with van der Waals surface area (Å²) >= 11 is 0. The molecule has 1 aromatic carbocycles. The predicted octanol–water partition coefficient (Wildman–Crippen LogP) is 1.33. The Hall–Kier alpha value is -1.04. The molecule has 5 heteroatoms. The predicted molar refractivity (Wildman–Crippen MR) is 62.5 cm³/mol. The Morgan fingerprint density at radius 1 is 1.41 bits per heavy atom. The van der Waals surface area contributed by atoms with Crippen LogP contribution >= 0.6 is 0 Å². The lowest BCUT2D eigenvalue weighted by atomic mass is 10.0. The van der Waals surface area contributed by atoms with Crippen molar-refractivity contribution >= 4 is 0 Å². The molecule has 0 amide bonds. The van der Waals surface area contributed by atoms with Crippen molar-refractivity contribution in [3.8, 4) is 0 Å². The summed E-state index contributed by atoms with van der Waals surface area (Å²) in [7, 11) is 0. The first-order chi connectivity index (χ1) is 8.08. The number of halogens is 2. The second-order valence-electron chi connectivity index (χ2n) is 4.03. The lowest BCUT2D eigenvalue weighted by molar-refractivity contribution is 0.263. The third kappa shape index (κ3) is 4.03. The summed E-state index contributed by atoms with van der Waals surface area (Å²) in [6.07, 6.45) is 0.535. The van der Waals surface area contributed by atoms with Crippen molar-refractivity contribution in [2.24, 2.45) is 5.73 Å². The molecule has 1 aromatic rings. The SMILES string of the molecule is CC(CCO)NC(CN)c1cc(F)ccc1F. The van der Waals surface area contributed by atoms with Gasteiger partial charge >= 0.3 is 0 Å². The zero-order chi connectivity index (χ0) is 12.8. The van der Waals surface area contributed by atoms with E-state index in [9.17, 15) is 8.78 Å². The maximum atomic E-state index is 13.5. The molecule has 0 heterocycles. The third-order valence-corrected chi connectivity index (χ3v) is 2.62. The molecule has 0 saturated heterocycles. The number of nitrogens with one attached hydrogen (secondary N) is 1. The Morgan fingerprint density at radius 2 is 2.12 bits per heavy atom. The first-order valence-electron chi connectivity index (χ1n) is 5.60. The molecule has 0 aliphatic heterocycles. The highest BCUT2D eigenvalue weighted by atomic mass is 19.1. The van der Waals surface area contributed by atoms with E-state index in [2.05, 4.69) is 5.32 Å². The number of nitrogens with two attached hydrogens (primary N) is 1. The number of benzene rings is 1. The van der Waals surface area contributed by atoms with Gasteiger partial charge in [0, 0.05) is 30.8 Å². The molecule has 0 radical (unpaired) electrons. The molecule has 17 heavy (non-hydrogen) atoms. The number of aliphatic hydroxyl groups excluding tert-OH is 1. The highest BCUT2D eigenvalue weighted by Gasteiger charge is 2.17. The Balaban J connectivity index is 2.82. The van der Waals surface area contributed by atoms with E-state index >= 15 is 0 Å². The first kappa shape index (κ1) is 14.0. The van der Waals surface area contributed by atoms with E-state index in [4.69, 9.17) is 10.8 Å². The molecule has 0 aliphatic rings. The Labute approximate surface area is 99.6 Å². The van der Waals surface area contributed by atoms with Crippen molar-refractivity contribution in [1.82, 2.24) is 5.32 Å². The van der Waals surface area contributed by atoms with Gasteiger partial charge in [-0.1, -0.05) is 0 Å². The van der Waals surface area contributed by atoms with Crippen LogP contribution in [0.1, 0.15) is 24.9 Å². The molecule has 0 saturated carbocycles. The van der Waals surface area contributed by atoms with Gasteiger partial charge in [-0.2, -0.15) is 0 Å². The molecule has 0 aliphatic carbocycles. The second-order valence-corrected chi connectivity index (χ2v) is 4.03. The molecule has 0 spiro atoms. The van der Waals surface area contributed by atoms with Crippen molar-refractivity contribution < 1.29 is 13.9 Å². The van der Waals surface area contributed by atoms with Gasteiger partial charge in [-0.15, -0.1) is 0 Å². The summed E-state index contributed by atoms with van der Waals surface area (Å²) in [6.45, 7) is 2.06. The number of rotatable bonds is 6. The van der Waals surface area contributed by atoms with Gasteiger partial charge < -0.3 is 16.2 Å². The Kier molecular flexibility index (Phi) is 5.47. The summed E-state index contributed by atoms with van der Waals surface area (Å²) in [5, 5.41) is 11.8. The van der Waals surface area contributed by atoms with Crippen LogP contribution < -0.4 is 11.1 Å². The molecule has 3 nitrogen and oxygen atoms in total. The van der Waals surface area contributed by atoms with Gasteiger partial charge in [0.2, 0.25) is 0 Å². The minimum Gasteiger partial charge on any atom is -0.396 e. The average molecular weight is 244 g/mol. The van der Waals surface area contributed by atoms with Crippen molar-refractivity contribution in [2.45, 2.75) is 25.4 Å². The minimum absolute atomic E-state index is 0.0174. The van der Waals surface area contributed by atoms with Crippen LogP contribution in [0.5, 0.6) is 0 Å². The lowest BCUT2D eigenvalue weighted by Gasteiger charge is -2.22. The monoisotopic (exact) mass is 244 g/mol. The van der Waals surface area contributed by atoms with E-state index < -0.39 is 17.7 Å². The molecular weight excluding hydrogens is 226 g/mol. The summed E-state index contributed by atoms with van der Waals surface area (Å²) in [6, 6.07) is 2.84. The van der Waals surface area contributed by atoms with E-state index in [-0.39, 0.29) is 24.8 Å². The van der Waals surface area contributed by atoms with Crippen LogP contribution in [0.3, 0.4) is 0 Å². The molecule has 0 bridgehead atoms. The van der Waals surface area contributed by atoms with Crippen LogP contribution in [0.4, 0.5) is 8.78 Å². The van der Waals surface area contributed by atoms with Crippen LogP contribution in [-0.4, -0.2) is 24.3 Å². The fourth-order valence-electron chi connectivity index (χ4n) is 1.69. The molecule has 96 valence electrons. The van der Waals surface area contributed by atoms with E-state index in [1.165, 1.54) is 0 Å². The molecule has 2 atom stereocenters. The highest BCUT2D eigenvalue weighted by molar-refractivity contribution is 5.22.